The summed E-state index contributed by atoms with van der Waals surface area (Å²) in [7, 11) is 0. The summed E-state index contributed by atoms with van der Waals surface area (Å²) in [5, 5.41) is 8.27. The van der Waals surface area contributed by atoms with Crippen molar-refractivity contribution in [2.45, 2.75) is 78.4 Å². The standard InChI is InChI=1S/C27H31F2N5O3/c1-16-23(17(2)37-32-16)19-10-22-24(30-11-19)21(15-33(22)13-18-6-8-27(28,29)9-7-18)20-12-31-34(14-20)25(35)36-26(3,4)5/h10-12,14-15,18H,6-9,13H2,1-5H3. The van der Waals surface area contributed by atoms with E-state index in [0.717, 1.165) is 33.4 Å². The van der Waals surface area contributed by atoms with Crippen molar-refractivity contribution >= 4 is 17.1 Å². The van der Waals surface area contributed by atoms with Crippen molar-refractivity contribution in [2.24, 2.45) is 5.92 Å². The average Bonchev–Trinajstić information content (AvgIpc) is 3.51. The van der Waals surface area contributed by atoms with Crippen molar-refractivity contribution in [1.29, 1.82) is 0 Å². The van der Waals surface area contributed by atoms with Crippen LogP contribution in [0.25, 0.3) is 33.3 Å². The molecule has 37 heavy (non-hydrogen) atoms. The zero-order valence-corrected chi connectivity index (χ0v) is 21.7. The van der Waals surface area contributed by atoms with Crippen LogP contribution >= 0.6 is 0 Å². The molecule has 10 heteroatoms. The van der Waals surface area contributed by atoms with Gasteiger partial charge in [-0.15, -0.1) is 0 Å². The predicted octanol–water partition coefficient (Wildman–Crippen LogP) is 6.78. The van der Waals surface area contributed by atoms with Gasteiger partial charge in [0.1, 0.15) is 11.4 Å². The lowest BCUT2D eigenvalue weighted by atomic mass is 9.87. The van der Waals surface area contributed by atoms with Crippen molar-refractivity contribution in [3.8, 4) is 22.3 Å². The van der Waals surface area contributed by atoms with Crippen molar-refractivity contribution in [2.75, 3.05) is 0 Å². The fourth-order valence-corrected chi connectivity index (χ4v) is 4.99. The second kappa shape index (κ2) is 9.08. The predicted molar refractivity (Wildman–Crippen MR) is 134 cm³/mol. The lowest BCUT2D eigenvalue weighted by Crippen LogP contribution is -2.27. The highest BCUT2D eigenvalue weighted by Crippen LogP contribution is 2.39. The van der Waals surface area contributed by atoms with E-state index in [-0.39, 0.29) is 18.8 Å². The minimum atomic E-state index is -2.57. The number of rotatable bonds is 4. The van der Waals surface area contributed by atoms with Crippen LogP contribution in [0.2, 0.25) is 0 Å². The molecule has 0 atom stereocenters. The molecule has 4 heterocycles. The number of halogens is 2. The highest BCUT2D eigenvalue weighted by atomic mass is 19.3. The number of carbonyl (C=O) groups is 1. The minimum Gasteiger partial charge on any atom is -0.442 e. The molecule has 5 rings (SSSR count). The first kappa shape index (κ1) is 25.1. The average molecular weight is 512 g/mol. The molecule has 196 valence electrons. The van der Waals surface area contributed by atoms with Gasteiger partial charge in [0, 0.05) is 60.2 Å². The van der Waals surface area contributed by atoms with Gasteiger partial charge in [-0.1, -0.05) is 5.16 Å². The van der Waals surface area contributed by atoms with Crippen LogP contribution in [0, 0.1) is 19.8 Å². The maximum Gasteiger partial charge on any atom is 0.435 e. The van der Waals surface area contributed by atoms with E-state index in [1.54, 1.807) is 39.4 Å². The normalized spacial score (nSPS) is 16.4. The van der Waals surface area contributed by atoms with Gasteiger partial charge >= 0.3 is 6.09 Å². The molecule has 4 aromatic heterocycles. The van der Waals surface area contributed by atoms with Crippen molar-refractivity contribution < 1.29 is 22.8 Å². The fraction of sp³-hybridized carbons (Fsp3) is 0.481. The van der Waals surface area contributed by atoms with Crippen molar-refractivity contribution in [3.63, 3.8) is 0 Å². The third-order valence-electron chi connectivity index (χ3n) is 6.80. The van der Waals surface area contributed by atoms with Gasteiger partial charge in [0.15, 0.2) is 0 Å². The Morgan fingerprint density at radius 2 is 1.89 bits per heavy atom. The number of aromatic nitrogens is 5. The first-order valence-corrected chi connectivity index (χ1v) is 12.5. The third-order valence-corrected chi connectivity index (χ3v) is 6.80. The maximum absolute atomic E-state index is 13.8. The minimum absolute atomic E-state index is 0.0883. The molecule has 0 unspecified atom stereocenters. The summed E-state index contributed by atoms with van der Waals surface area (Å²) < 4.78 is 41.6. The Morgan fingerprint density at radius 3 is 2.54 bits per heavy atom. The topological polar surface area (TPSA) is 88.0 Å². The Morgan fingerprint density at radius 1 is 1.16 bits per heavy atom. The molecule has 0 radical (unpaired) electrons. The van der Waals surface area contributed by atoms with E-state index in [1.165, 1.54) is 4.68 Å². The molecule has 0 spiro atoms. The van der Waals surface area contributed by atoms with E-state index in [0.29, 0.717) is 30.7 Å². The molecule has 0 bridgehead atoms. The summed E-state index contributed by atoms with van der Waals surface area (Å²) in [6.07, 6.45) is 7.17. The van der Waals surface area contributed by atoms with Gasteiger partial charge in [-0.3, -0.25) is 4.98 Å². The molecule has 8 nitrogen and oxygen atoms in total. The second-order valence-corrected chi connectivity index (χ2v) is 10.9. The lowest BCUT2D eigenvalue weighted by Gasteiger charge is -2.28. The second-order valence-electron chi connectivity index (χ2n) is 10.9. The van der Waals surface area contributed by atoms with Crippen LogP contribution in [0.1, 0.15) is 57.9 Å². The van der Waals surface area contributed by atoms with Gasteiger partial charge in [-0.2, -0.15) is 9.78 Å². The Hall–Kier alpha value is -3.56. The number of nitrogens with zero attached hydrogens (tertiary/aromatic N) is 5. The van der Waals surface area contributed by atoms with Crippen molar-refractivity contribution in [1.82, 2.24) is 24.5 Å². The fourth-order valence-electron chi connectivity index (χ4n) is 4.99. The van der Waals surface area contributed by atoms with E-state index >= 15 is 0 Å². The maximum atomic E-state index is 13.8. The zero-order chi connectivity index (χ0) is 26.5. The summed E-state index contributed by atoms with van der Waals surface area (Å²) in [5.74, 6) is -1.74. The summed E-state index contributed by atoms with van der Waals surface area (Å²) >= 11 is 0. The number of fused-ring (bicyclic) bond motifs is 1. The third kappa shape index (κ3) is 5.14. The van der Waals surface area contributed by atoms with Crippen molar-refractivity contribution in [3.05, 3.63) is 42.3 Å². The molecule has 0 aromatic carbocycles. The van der Waals surface area contributed by atoms with Crippen LogP contribution in [0.3, 0.4) is 0 Å². The van der Waals surface area contributed by atoms with Gasteiger partial charge < -0.3 is 13.8 Å². The number of aryl methyl sites for hydroxylation is 2. The Balaban J connectivity index is 1.55. The monoisotopic (exact) mass is 511 g/mol. The number of alkyl halides is 2. The summed E-state index contributed by atoms with van der Waals surface area (Å²) in [6.45, 7) is 9.73. The van der Waals surface area contributed by atoms with Crippen LogP contribution in [0.5, 0.6) is 0 Å². The van der Waals surface area contributed by atoms with Crippen LogP contribution in [0.4, 0.5) is 13.6 Å². The van der Waals surface area contributed by atoms with Crippen LogP contribution < -0.4 is 0 Å². The number of pyridine rings is 1. The van der Waals surface area contributed by atoms with Crippen LogP contribution in [0.15, 0.2) is 35.4 Å². The number of carbonyl (C=O) groups excluding carboxylic acids is 1. The van der Waals surface area contributed by atoms with E-state index in [4.69, 9.17) is 14.2 Å². The molecule has 1 saturated carbocycles. The van der Waals surface area contributed by atoms with Gasteiger partial charge in [0.05, 0.1) is 22.9 Å². The van der Waals surface area contributed by atoms with Gasteiger partial charge in [-0.25, -0.2) is 13.6 Å². The van der Waals surface area contributed by atoms with Gasteiger partial charge in [-0.05, 0) is 59.4 Å². The van der Waals surface area contributed by atoms with Crippen LogP contribution in [-0.4, -0.2) is 42.1 Å². The Kier molecular flexibility index (Phi) is 6.16. The van der Waals surface area contributed by atoms with Gasteiger partial charge in [0.2, 0.25) is 5.92 Å². The quantitative estimate of drug-likeness (QED) is 0.300. The molecular formula is C27H31F2N5O3. The first-order chi connectivity index (χ1) is 17.4. The van der Waals surface area contributed by atoms with E-state index in [1.807, 2.05) is 26.1 Å². The first-order valence-electron chi connectivity index (χ1n) is 12.5. The van der Waals surface area contributed by atoms with Crippen LogP contribution in [-0.2, 0) is 11.3 Å². The van der Waals surface area contributed by atoms with E-state index in [2.05, 4.69) is 14.8 Å². The number of ether oxygens (including phenoxy) is 1. The highest BCUT2D eigenvalue weighted by Gasteiger charge is 2.35. The molecule has 1 fully saturated rings. The number of hydrogen-bond acceptors (Lipinski definition) is 6. The largest absolute Gasteiger partial charge is 0.442 e. The summed E-state index contributed by atoms with van der Waals surface area (Å²) in [4.78, 5) is 17.3. The highest BCUT2D eigenvalue weighted by molar-refractivity contribution is 5.95. The molecule has 0 N–H and O–H groups in total. The lowest BCUT2D eigenvalue weighted by molar-refractivity contribution is -0.0472. The summed E-state index contributed by atoms with van der Waals surface area (Å²) in [6, 6.07) is 2.04. The molecule has 0 aliphatic heterocycles. The van der Waals surface area contributed by atoms with Gasteiger partial charge in [0.25, 0.3) is 0 Å². The molecule has 1 aliphatic rings. The molecule has 1 aliphatic carbocycles. The Labute approximate surface area is 213 Å². The smallest absolute Gasteiger partial charge is 0.435 e. The number of hydrogen-bond donors (Lipinski definition) is 0. The zero-order valence-electron chi connectivity index (χ0n) is 21.7. The Bertz CT molecular complexity index is 1430. The summed E-state index contributed by atoms with van der Waals surface area (Å²) in [5.41, 5.74) is 5.00. The molecule has 0 saturated heterocycles. The van der Waals surface area contributed by atoms with E-state index < -0.39 is 17.6 Å². The molecule has 4 aromatic rings. The molecule has 0 amide bonds. The van der Waals surface area contributed by atoms with E-state index in [9.17, 15) is 13.6 Å². The molecular weight excluding hydrogens is 480 g/mol. The SMILES string of the molecule is Cc1noc(C)c1-c1cnc2c(-c3cnn(C(=O)OC(C)(C)C)c3)cn(CC3CCC(F)(F)CC3)c2c1.